The van der Waals surface area contributed by atoms with Gasteiger partial charge in [0, 0.05) is 24.8 Å². The Bertz CT molecular complexity index is 1030. The van der Waals surface area contributed by atoms with Crippen LogP contribution in [0.3, 0.4) is 0 Å². The van der Waals surface area contributed by atoms with Crippen LogP contribution in [0.1, 0.15) is 46.1 Å². The largest absolute Gasteiger partial charge is 0.480 e. The van der Waals surface area contributed by atoms with E-state index in [0.29, 0.717) is 30.7 Å². The average Bonchev–Trinajstić information content (AvgIpc) is 3.22. The normalized spacial score (nSPS) is 25.5. The first-order valence-corrected chi connectivity index (χ1v) is 10.5. The Kier molecular flexibility index (Phi) is 3.77. The maximum absolute atomic E-state index is 12.8. The lowest BCUT2D eigenvalue weighted by atomic mass is 9.59. The van der Waals surface area contributed by atoms with Gasteiger partial charge in [-0.3, -0.25) is 4.79 Å². The highest BCUT2D eigenvalue weighted by atomic mass is 16.5. The number of carbonyl (C=O) groups is 1. The summed E-state index contributed by atoms with van der Waals surface area (Å²) in [5, 5.41) is 3.21. The lowest BCUT2D eigenvalue weighted by Gasteiger charge is -2.45. The van der Waals surface area contributed by atoms with Gasteiger partial charge in [-0.15, -0.1) is 0 Å². The molecule has 1 aliphatic heterocycles. The molecule has 2 bridgehead atoms. The molecule has 0 saturated carbocycles. The van der Waals surface area contributed by atoms with Gasteiger partial charge >= 0.3 is 0 Å². The van der Waals surface area contributed by atoms with Gasteiger partial charge in [-0.1, -0.05) is 66.7 Å². The van der Waals surface area contributed by atoms with Crippen LogP contribution in [0.4, 0.5) is 0 Å². The molecule has 2 atom stereocenters. The number of rotatable bonds is 3. The van der Waals surface area contributed by atoms with E-state index in [9.17, 15) is 4.79 Å². The van der Waals surface area contributed by atoms with Crippen molar-refractivity contribution in [2.45, 2.75) is 30.8 Å². The van der Waals surface area contributed by atoms with E-state index >= 15 is 0 Å². The smallest absolute Gasteiger partial charge is 0.261 e. The van der Waals surface area contributed by atoms with Crippen LogP contribution in [0, 0.1) is 5.92 Å². The fraction of sp³-hybridized carbons (Fsp3) is 0.269. The van der Waals surface area contributed by atoms with E-state index in [0.717, 1.165) is 17.7 Å². The van der Waals surface area contributed by atoms with E-state index in [2.05, 4.69) is 53.8 Å². The molecule has 7 rings (SSSR count). The van der Waals surface area contributed by atoms with Gasteiger partial charge in [-0.25, -0.2) is 0 Å². The van der Waals surface area contributed by atoms with Gasteiger partial charge in [0.2, 0.25) is 0 Å². The monoisotopic (exact) mass is 381 g/mol. The number of benzene rings is 3. The van der Waals surface area contributed by atoms with Crippen molar-refractivity contribution in [3.05, 3.63) is 101 Å². The molecular weight excluding hydrogens is 358 g/mol. The van der Waals surface area contributed by atoms with Gasteiger partial charge in [0.25, 0.3) is 5.91 Å². The van der Waals surface area contributed by atoms with Crippen LogP contribution in [0.15, 0.2) is 72.8 Å². The summed E-state index contributed by atoms with van der Waals surface area (Å²) in [7, 11) is 0. The van der Waals surface area contributed by atoms with Crippen molar-refractivity contribution in [3.63, 3.8) is 0 Å². The van der Waals surface area contributed by atoms with Crippen LogP contribution in [-0.4, -0.2) is 18.6 Å². The summed E-state index contributed by atoms with van der Waals surface area (Å²) in [6, 6.07) is 25.6. The molecule has 0 spiro atoms. The number of hydrogen-bond acceptors (Lipinski definition) is 2. The molecule has 1 N–H and O–H groups in total. The molecular formula is C26H23NO2. The average molecular weight is 381 g/mol. The Hall–Kier alpha value is -3.07. The summed E-state index contributed by atoms with van der Waals surface area (Å²) in [5.41, 5.74) is 6.92. The van der Waals surface area contributed by atoms with Crippen LogP contribution in [0.5, 0.6) is 5.75 Å². The SMILES string of the molecule is O=C(NC[C@@H]1CC2c3ccccc3C1c1ccccc12)[C@H]1Cc2ccccc2O1. The molecule has 0 radical (unpaired) electrons. The molecule has 3 heteroatoms. The van der Waals surface area contributed by atoms with Crippen molar-refractivity contribution in [2.24, 2.45) is 5.92 Å². The van der Waals surface area contributed by atoms with E-state index < -0.39 is 6.10 Å². The lowest BCUT2D eigenvalue weighted by molar-refractivity contribution is -0.127. The molecule has 29 heavy (non-hydrogen) atoms. The summed E-state index contributed by atoms with van der Waals surface area (Å²) in [6.45, 7) is 0.693. The van der Waals surface area contributed by atoms with Gasteiger partial charge in [0.15, 0.2) is 6.10 Å². The third-order valence-corrected chi connectivity index (χ3v) is 6.90. The summed E-state index contributed by atoms with van der Waals surface area (Å²) in [4.78, 5) is 12.8. The van der Waals surface area contributed by atoms with Crippen molar-refractivity contribution >= 4 is 5.91 Å². The first-order valence-electron chi connectivity index (χ1n) is 10.5. The predicted octanol–water partition coefficient (Wildman–Crippen LogP) is 4.40. The van der Waals surface area contributed by atoms with Crippen molar-refractivity contribution in [2.75, 3.05) is 6.54 Å². The quantitative estimate of drug-likeness (QED) is 0.730. The second kappa shape index (κ2) is 6.48. The van der Waals surface area contributed by atoms with Gasteiger partial charge in [0.05, 0.1) is 0 Å². The Morgan fingerprint density at radius 3 is 2.17 bits per heavy atom. The van der Waals surface area contributed by atoms with Crippen LogP contribution in [0.25, 0.3) is 0 Å². The van der Waals surface area contributed by atoms with E-state index in [1.54, 1.807) is 0 Å². The van der Waals surface area contributed by atoms with E-state index in [1.807, 2.05) is 24.3 Å². The number of carbonyl (C=O) groups excluding carboxylic acids is 1. The molecule has 144 valence electrons. The van der Waals surface area contributed by atoms with Crippen molar-refractivity contribution in [1.82, 2.24) is 5.32 Å². The number of para-hydroxylation sites is 1. The lowest BCUT2D eigenvalue weighted by Crippen LogP contribution is -2.43. The first-order chi connectivity index (χ1) is 14.3. The number of ether oxygens (including phenoxy) is 1. The van der Waals surface area contributed by atoms with E-state index in [-0.39, 0.29) is 5.91 Å². The molecule has 0 saturated heterocycles. The maximum atomic E-state index is 12.8. The second-order valence-corrected chi connectivity index (χ2v) is 8.45. The minimum atomic E-state index is -0.409. The van der Waals surface area contributed by atoms with Crippen LogP contribution in [-0.2, 0) is 11.2 Å². The molecule has 0 aromatic heterocycles. The molecule has 3 aromatic carbocycles. The van der Waals surface area contributed by atoms with Gasteiger partial charge in [-0.2, -0.15) is 0 Å². The summed E-state index contributed by atoms with van der Waals surface area (Å²) < 4.78 is 5.87. The van der Waals surface area contributed by atoms with Crippen LogP contribution < -0.4 is 10.1 Å². The minimum absolute atomic E-state index is 0.00390. The number of nitrogens with one attached hydrogen (secondary N) is 1. The molecule has 1 amide bonds. The van der Waals surface area contributed by atoms with Crippen molar-refractivity contribution in [3.8, 4) is 5.75 Å². The zero-order valence-electron chi connectivity index (χ0n) is 16.2. The highest BCUT2D eigenvalue weighted by Crippen LogP contribution is 2.55. The number of hydrogen-bond donors (Lipinski definition) is 1. The van der Waals surface area contributed by atoms with Gasteiger partial charge in [-0.05, 0) is 46.2 Å². The molecule has 4 aliphatic rings. The Morgan fingerprint density at radius 2 is 1.48 bits per heavy atom. The Labute approximate surface area is 170 Å². The van der Waals surface area contributed by atoms with Crippen molar-refractivity contribution < 1.29 is 9.53 Å². The first kappa shape index (κ1) is 16.8. The number of amides is 1. The summed E-state index contributed by atoms with van der Waals surface area (Å²) in [5.74, 6) is 2.05. The fourth-order valence-electron chi connectivity index (χ4n) is 5.63. The Balaban J connectivity index is 1.22. The third-order valence-electron chi connectivity index (χ3n) is 6.90. The minimum Gasteiger partial charge on any atom is -0.480 e. The highest BCUT2D eigenvalue weighted by molar-refractivity contribution is 5.82. The van der Waals surface area contributed by atoms with E-state index in [4.69, 9.17) is 4.74 Å². The van der Waals surface area contributed by atoms with Crippen LogP contribution in [0.2, 0.25) is 0 Å². The van der Waals surface area contributed by atoms with E-state index in [1.165, 1.54) is 22.3 Å². The predicted molar refractivity (Wildman–Crippen MR) is 112 cm³/mol. The summed E-state index contributed by atoms with van der Waals surface area (Å²) >= 11 is 0. The molecule has 3 aromatic rings. The molecule has 1 heterocycles. The number of fused-ring (bicyclic) bond motifs is 2. The summed E-state index contributed by atoms with van der Waals surface area (Å²) in [6.07, 6.45) is 1.34. The van der Waals surface area contributed by atoms with Gasteiger partial charge < -0.3 is 10.1 Å². The fourth-order valence-corrected chi connectivity index (χ4v) is 5.63. The molecule has 0 unspecified atom stereocenters. The second-order valence-electron chi connectivity index (χ2n) is 8.45. The van der Waals surface area contributed by atoms with Crippen molar-refractivity contribution in [1.29, 1.82) is 0 Å². The molecule has 3 aliphatic carbocycles. The van der Waals surface area contributed by atoms with Crippen LogP contribution >= 0.6 is 0 Å². The third kappa shape index (κ3) is 2.61. The Morgan fingerprint density at radius 1 is 0.862 bits per heavy atom. The molecule has 0 fully saturated rings. The zero-order valence-corrected chi connectivity index (χ0v) is 16.2. The topological polar surface area (TPSA) is 38.3 Å². The molecule has 3 nitrogen and oxygen atoms in total. The maximum Gasteiger partial charge on any atom is 0.261 e. The van der Waals surface area contributed by atoms with Gasteiger partial charge in [0.1, 0.15) is 5.75 Å². The standard InChI is InChI=1S/C26H23NO2/c28-26(24-14-16-7-1-6-12-23(16)29-24)27-15-17-13-22-18-8-2-4-10-20(18)25(17)21-11-5-3-9-19(21)22/h1-12,17,22,24-25H,13-15H2,(H,27,28)/t17-,22?,24+,25?/m0/s1. The highest BCUT2D eigenvalue weighted by Gasteiger charge is 2.43. The zero-order chi connectivity index (χ0) is 19.4.